The number of nitrogens with one attached hydrogen (secondary N) is 1. The molecule has 18 heavy (non-hydrogen) atoms. The van der Waals surface area contributed by atoms with Gasteiger partial charge in [0.1, 0.15) is 5.82 Å². The molecule has 0 amide bonds. The van der Waals surface area contributed by atoms with E-state index < -0.39 is 5.82 Å². The summed E-state index contributed by atoms with van der Waals surface area (Å²) < 4.78 is 19.1. The highest BCUT2D eigenvalue weighted by Crippen LogP contribution is 2.27. The van der Waals surface area contributed by atoms with Crippen molar-refractivity contribution in [2.24, 2.45) is 5.84 Å². The van der Waals surface area contributed by atoms with Gasteiger partial charge in [-0.3, -0.25) is 11.3 Å². The minimum Gasteiger partial charge on any atom is -0.457 e. The number of furan rings is 1. The summed E-state index contributed by atoms with van der Waals surface area (Å²) in [5, 5.41) is 0.112. The topological polar surface area (TPSA) is 51.2 Å². The fourth-order valence-corrected chi connectivity index (χ4v) is 2.35. The molecule has 1 aromatic heterocycles. The molecular formula is C12H11BrClFN2O. The highest BCUT2D eigenvalue weighted by atomic mass is 79.9. The lowest BCUT2D eigenvalue weighted by Gasteiger charge is -2.15. The average molecular weight is 334 g/mol. The van der Waals surface area contributed by atoms with Gasteiger partial charge in [0.25, 0.3) is 0 Å². The van der Waals surface area contributed by atoms with Crippen LogP contribution in [0, 0.1) is 5.82 Å². The number of hydrogen-bond acceptors (Lipinski definition) is 3. The molecule has 2 rings (SSSR count). The summed E-state index contributed by atoms with van der Waals surface area (Å²) in [4.78, 5) is 0. The van der Waals surface area contributed by atoms with Gasteiger partial charge in [0.2, 0.25) is 0 Å². The summed E-state index contributed by atoms with van der Waals surface area (Å²) in [5.41, 5.74) is 4.36. The second kappa shape index (κ2) is 5.84. The summed E-state index contributed by atoms with van der Waals surface area (Å²) in [6.45, 7) is 0. The van der Waals surface area contributed by atoms with E-state index in [1.165, 1.54) is 12.1 Å². The Bertz CT molecular complexity index is 547. The van der Waals surface area contributed by atoms with E-state index in [0.717, 1.165) is 11.1 Å². The molecule has 2 aromatic rings. The highest BCUT2D eigenvalue weighted by Gasteiger charge is 2.16. The molecule has 3 N–H and O–H groups in total. The lowest BCUT2D eigenvalue weighted by atomic mass is 10.0. The van der Waals surface area contributed by atoms with Crippen LogP contribution < -0.4 is 11.3 Å². The van der Waals surface area contributed by atoms with Crippen molar-refractivity contribution >= 4 is 27.5 Å². The maximum atomic E-state index is 13.3. The average Bonchev–Trinajstić information content (AvgIpc) is 2.77. The first-order valence-corrected chi connectivity index (χ1v) is 6.42. The lowest BCUT2D eigenvalue weighted by molar-refractivity contribution is 0.506. The fourth-order valence-electron chi connectivity index (χ4n) is 1.71. The van der Waals surface area contributed by atoms with E-state index in [1.54, 1.807) is 18.4 Å². The second-order valence-electron chi connectivity index (χ2n) is 3.82. The Labute approximate surface area is 117 Å². The lowest BCUT2D eigenvalue weighted by Crippen LogP contribution is -2.29. The largest absolute Gasteiger partial charge is 0.457 e. The summed E-state index contributed by atoms with van der Waals surface area (Å²) in [7, 11) is 0. The van der Waals surface area contributed by atoms with Crippen LogP contribution in [0.25, 0.3) is 0 Å². The Balaban J connectivity index is 2.20. The van der Waals surface area contributed by atoms with Gasteiger partial charge in [0, 0.05) is 5.56 Å². The third-order valence-corrected chi connectivity index (χ3v) is 3.60. The zero-order valence-corrected chi connectivity index (χ0v) is 11.6. The van der Waals surface area contributed by atoms with Gasteiger partial charge in [0.15, 0.2) is 4.67 Å². The van der Waals surface area contributed by atoms with E-state index in [0.29, 0.717) is 11.1 Å². The first-order valence-electron chi connectivity index (χ1n) is 5.24. The van der Waals surface area contributed by atoms with Gasteiger partial charge in [-0.2, -0.15) is 0 Å². The Morgan fingerprint density at radius 2 is 2.22 bits per heavy atom. The third kappa shape index (κ3) is 2.92. The second-order valence-corrected chi connectivity index (χ2v) is 4.95. The maximum absolute atomic E-state index is 13.3. The Kier molecular flexibility index (Phi) is 4.40. The van der Waals surface area contributed by atoms with Crippen LogP contribution in [0.5, 0.6) is 0 Å². The normalized spacial score (nSPS) is 12.7. The molecule has 1 atom stereocenters. The predicted octanol–water partition coefficient (Wildman–Crippen LogP) is 3.58. The van der Waals surface area contributed by atoms with Gasteiger partial charge in [-0.15, -0.1) is 0 Å². The minimum atomic E-state index is -0.434. The zero-order valence-electron chi connectivity index (χ0n) is 9.29. The molecular weight excluding hydrogens is 322 g/mol. The summed E-state index contributed by atoms with van der Waals surface area (Å²) >= 11 is 8.93. The van der Waals surface area contributed by atoms with Gasteiger partial charge in [-0.1, -0.05) is 17.7 Å². The van der Waals surface area contributed by atoms with Crippen molar-refractivity contribution in [3.05, 3.63) is 57.2 Å². The third-order valence-electron chi connectivity index (χ3n) is 2.65. The summed E-state index contributed by atoms with van der Waals surface area (Å²) in [6, 6.07) is 6.34. The van der Waals surface area contributed by atoms with E-state index in [-0.39, 0.29) is 11.1 Å². The van der Waals surface area contributed by atoms with E-state index in [1.807, 2.05) is 0 Å². The predicted molar refractivity (Wildman–Crippen MR) is 71.6 cm³/mol. The van der Waals surface area contributed by atoms with Crippen molar-refractivity contribution < 1.29 is 8.81 Å². The molecule has 6 heteroatoms. The summed E-state index contributed by atoms with van der Waals surface area (Å²) in [5.74, 6) is 5.08. The Morgan fingerprint density at radius 3 is 2.78 bits per heavy atom. The van der Waals surface area contributed by atoms with Crippen LogP contribution in [0.3, 0.4) is 0 Å². The van der Waals surface area contributed by atoms with Crippen molar-refractivity contribution in [2.45, 2.75) is 12.5 Å². The molecule has 0 bridgehead atoms. The molecule has 96 valence electrons. The molecule has 0 saturated carbocycles. The van der Waals surface area contributed by atoms with Gasteiger partial charge in [-0.05, 0) is 46.1 Å². The first-order chi connectivity index (χ1) is 8.61. The van der Waals surface area contributed by atoms with Crippen LogP contribution in [-0.4, -0.2) is 0 Å². The standard InChI is InChI=1S/C12H11BrClFN2O/c13-12-8(3-4-18-12)11(17-16)6-7-1-2-9(14)10(15)5-7/h1-5,11,17H,6,16H2. The van der Waals surface area contributed by atoms with Crippen molar-refractivity contribution in [3.63, 3.8) is 0 Å². The molecule has 0 aliphatic rings. The molecule has 1 aromatic carbocycles. The van der Waals surface area contributed by atoms with Crippen LogP contribution >= 0.6 is 27.5 Å². The van der Waals surface area contributed by atoms with Crippen LogP contribution in [0.1, 0.15) is 17.2 Å². The van der Waals surface area contributed by atoms with Gasteiger partial charge in [-0.25, -0.2) is 4.39 Å². The van der Waals surface area contributed by atoms with E-state index in [9.17, 15) is 4.39 Å². The molecule has 0 spiro atoms. The van der Waals surface area contributed by atoms with Crippen LogP contribution in [-0.2, 0) is 6.42 Å². The molecule has 0 fully saturated rings. The Hall–Kier alpha value is -0.880. The van der Waals surface area contributed by atoms with E-state index in [4.69, 9.17) is 21.9 Å². The van der Waals surface area contributed by atoms with Crippen LogP contribution in [0.2, 0.25) is 5.02 Å². The highest BCUT2D eigenvalue weighted by molar-refractivity contribution is 9.10. The first kappa shape index (κ1) is 13.5. The monoisotopic (exact) mass is 332 g/mol. The molecule has 0 aliphatic heterocycles. The van der Waals surface area contributed by atoms with Gasteiger partial charge < -0.3 is 4.42 Å². The van der Waals surface area contributed by atoms with Gasteiger partial charge in [0.05, 0.1) is 17.3 Å². The van der Waals surface area contributed by atoms with Crippen molar-refractivity contribution in [1.29, 1.82) is 0 Å². The van der Waals surface area contributed by atoms with Crippen molar-refractivity contribution in [2.75, 3.05) is 0 Å². The smallest absolute Gasteiger partial charge is 0.173 e. The SMILES string of the molecule is NNC(Cc1ccc(Cl)c(F)c1)c1ccoc1Br. The number of hydrazine groups is 1. The quantitative estimate of drug-likeness (QED) is 0.664. The van der Waals surface area contributed by atoms with Crippen LogP contribution in [0.4, 0.5) is 4.39 Å². The van der Waals surface area contributed by atoms with Crippen molar-refractivity contribution in [1.82, 2.24) is 5.43 Å². The van der Waals surface area contributed by atoms with Gasteiger partial charge >= 0.3 is 0 Å². The number of halogens is 3. The molecule has 0 radical (unpaired) electrons. The molecule has 3 nitrogen and oxygen atoms in total. The number of nitrogens with two attached hydrogens (primary N) is 1. The molecule has 1 heterocycles. The molecule has 0 aliphatic carbocycles. The fraction of sp³-hybridized carbons (Fsp3) is 0.167. The Morgan fingerprint density at radius 1 is 1.44 bits per heavy atom. The van der Waals surface area contributed by atoms with Crippen molar-refractivity contribution in [3.8, 4) is 0 Å². The van der Waals surface area contributed by atoms with E-state index in [2.05, 4.69) is 21.4 Å². The van der Waals surface area contributed by atoms with Crippen LogP contribution in [0.15, 0.2) is 39.6 Å². The summed E-state index contributed by atoms with van der Waals surface area (Å²) in [6.07, 6.45) is 2.09. The molecule has 0 saturated heterocycles. The number of rotatable bonds is 4. The van der Waals surface area contributed by atoms with E-state index >= 15 is 0 Å². The zero-order chi connectivity index (χ0) is 13.1. The molecule has 1 unspecified atom stereocenters. The maximum Gasteiger partial charge on any atom is 0.173 e. The number of hydrogen-bond donors (Lipinski definition) is 2. The number of benzene rings is 1. The minimum absolute atomic E-state index is 0.112.